The number of benzene rings is 1. The summed E-state index contributed by atoms with van der Waals surface area (Å²) in [4.78, 5) is 40.4. The molecule has 7 nitrogen and oxygen atoms in total. The van der Waals surface area contributed by atoms with E-state index >= 15 is 0 Å². The van der Waals surface area contributed by atoms with E-state index in [4.69, 9.17) is 9.47 Å². The van der Waals surface area contributed by atoms with Crippen molar-refractivity contribution in [2.75, 3.05) is 6.54 Å². The SMILES string of the molecule is CC1=C(C)C(O/C=C2/C(=O)N(C(=O)OC(C)(C)C)C3c4ccccc4CC23)N(CC(F)(F)F)C1=O. The van der Waals surface area contributed by atoms with Crippen LogP contribution in [0.1, 0.15) is 51.8 Å². The first kappa shape index (κ1) is 24.8. The number of likely N-dealkylation sites (tertiary alicyclic amines) is 1. The Labute approximate surface area is 201 Å². The first-order valence-corrected chi connectivity index (χ1v) is 11.2. The Morgan fingerprint density at radius 2 is 1.77 bits per heavy atom. The van der Waals surface area contributed by atoms with E-state index in [-0.39, 0.29) is 11.1 Å². The Bertz CT molecular complexity index is 1150. The standard InChI is InChI=1S/C25H27F3N2O5/c1-13-14(2)22(29(20(13)31)12-25(26,27)28)34-11-18-17-10-15-8-6-7-9-16(15)19(17)30(21(18)32)23(33)35-24(3,4)5/h6-9,11,17,19,22H,10,12H2,1-5H3/b18-11+. The highest BCUT2D eigenvalue weighted by atomic mass is 19.4. The van der Waals surface area contributed by atoms with Gasteiger partial charge in [-0.05, 0) is 57.7 Å². The molecule has 1 aliphatic carbocycles. The van der Waals surface area contributed by atoms with E-state index in [1.165, 1.54) is 13.8 Å². The number of imide groups is 1. The van der Waals surface area contributed by atoms with E-state index in [9.17, 15) is 27.6 Å². The number of ether oxygens (including phenoxy) is 2. The van der Waals surface area contributed by atoms with Gasteiger partial charge in [-0.15, -0.1) is 0 Å². The minimum atomic E-state index is -4.62. The predicted octanol–water partition coefficient (Wildman–Crippen LogP) is 4.64. The summed E-state index contributed by atoms with van der Waals surface area (Å²) < 4.78 is 50.5. The van der Waals surface area contributed by atoms with Crippen LogP contribution in [0.4, 0.5) is 18.0 Å². The Kier molecular flexibility index (Phi) is 5.97. The number of amides is 3. The van der Waals surface area contributed by atoms with Gasteiger partial charge in [-0.3, -0.25) is 14.5 Å². The largest absolute Gasteiger partial charge is 0.474 e. The lowest BCUT2D eigenvalue weighted by Crippen LogP contribution is -2.43. The average molecular weight is 492 g/mol. The van der Waals surface area contributed by atoms with E-state index in [0.29, 0.717) is 16.9 Å². The first-order chi connectivity index (χ1) is 16.2. The lowest BCUT2D eigenvalue weighted by Gasteiger charge is -2.27. The van der Waals surface area contributed by atoms with Gasteiger partial charge in [0.2, 0.25) is 0 Å². The van der Waals surface area contributed by atoms with Gasteiger partial charge < -0.3 is 9.47 Å². The van der Waals surface area contributed by atoms with Crippen molar-refractivity contribution in [3.8, 4) is 0 Å². The van der Waals surface area contributed by atoms with Crippen molar-refractivity contribution in [3.05, 3.63) is 58.4 Å². The van der Waals surface area contributed by atoms with Gasteiger partial charge >= 0.3 is 12.3 Å². The summed E-state index contributed by atoms with van der Waals surface area (Å²) in [5, 5.41) is 0. The molecule has 4 rings (SSSR count). The Hall–Kier alpha value is -3.30. The maximum absolute atomic E-state index is 13.4. The van der Waals surface area contributed by atoms with E-state index < -0.39 is 54.4 Å². The van der Waals surface area contributed by atoms with Crippen LogP contribution in [0.25, 0.3) is 0 Å². The lowest BCUT2D eigenvalue weighted by atomic mass is 9.97. The normalized spacial score (nSPS) is 25.5. The van der Waals surface area contributed by atoms with Gasteiger partial charge in [0.15, 0.2) is 6.23 Å². The van der Waals surface area contributed by atoms with Crippen molar-refractivity contribution in [3.63, 3.8) is 0 Å². The van der Waals surface area contributed by atoms with Crippen molar-refractivity contribution in [1.29, 1.82) is 0 Å². The lowest BCUT2D eigenvalue weighted by molar-refractivity contribution is -0.170. The summed E-state index contributed by atoms with van der Waals surface area (Å²) >= 11 is 0. The molecular formula is C25H27F3N2O5. The molecule has 1 aromatic rings. The quantitative estimate of drug-likeness (QED) is 0.454. The van der Waals surface area contributed by atoms with E-state index in [1.54, 1.807) is 20.8 Å². The highest BCUT2D eigenvalue weighted by molar-refractivity contribution is 6.06. The van der Waals surface area contributed by atoms with Crippen LogP contribution in [-0.2, 0) is 25.5 Å². The molecular weight excluding hydrogens is 465 g/mol. The maximum atomic E-state index is 13.4. The molecule has 0 saturated carbocycles. The molecule has 1 saturated heterocycles. The minimum Gasteiger partial charge on any atom is -0.474 e. The first-order valence-electron chi connectivity index (χ1n) is 11.2. The third-order valence-electron chi connectivity index (χ3n) is 6.43. The topological polar surface area (TPSA) is 76.2 Å². The molecule has 0 aromatic heterocycles. The van der Waals surface area contributed by atoms with E-state index in [1.807, 2.05) is 24.3 Å². The smallest absolute Gasteiger partial charge is 0.417 e. The van der Waals surface area contributed by atoms with Crippen LogP contribution >= 0.6 is 0 Å². The Balaban J connectivity index is 1.68. The van der Waals surface area contributed by atoms with Crippen molar-refractivity contribution in [1.82, 2.24) is 9.80 Å². The fraction of sp³-hybridized carbons (Fsp3) is 0.480. The fourth-order valence-corrected chi connectivity index (χ4v) is 4.81. The number of carbonyl (C=O) groups excluding carboxylic acids is 3. The zero-order valence-corrected chi connectivity index (χ0v) is 20.1. The zero-order chi connectivity index (χ0) is 25.9. The number of alkyl halides is 3. The van der Waals surface area contributed by atoms with Gasteiger partial charge in [0, 0.05) is 11.5 Å². The van der Waals surface area contributed by atoms with Crippen molar-refractivity contribution in [2.24, 2.45) is 5.92 Å². The van der Waals surface area contributed by atoms with Crippen molar-refractivity contribution in [2.45, 2.75) is 65.1 Å². The Morgan fingerprint density at radius 1 is 1.11 bits per heavy atom. The van der Waals surface area contributed by atoms with Crippen LogP contribution in [0, 0.1) is 5.92 Å². The van der Waals surface area contributed by atoms with Gasteiger partial charge in [-0.1, -0.05) is 24.3 Å². The minimum absolute atomic E-state index is 0.147. The summed E-state index contributed by atoms with van der Waals surface area (Å²) in [6.45, 7) is 6.54. The maximum Gasteiger partial charge on any atom is 0.417 e. The second kappa shape index (κ2) is 8.42. The van der Waals surface area contributed by atoms with Gasteiger partial charge in [-0.2, -0.15) is 13.2 Å². The molecule has 2 heterocycles. The monoisotopic (exact) mass is 492 g/mol. The second-order valence-electron chi connectivity index (χ2n) is 10.0. The number of fused-ring (bicyclic) bond motifs is 3. The molecule has 188 valence electrons. The molecule has 1 fully saturated rings. The van der Waals surface area contributed by atoms with E-state index in [2.05, 4.69) is 0 Å². The molecule has 1 aromatic carbocycles. The predicted molar refractivity (Wildman–Crippen MR) is 119 cm³/mol. The van der Waals surface area contributed by atoms with Gasteiger partial charge in [0.25, 0.3) is 11.8 Å². The van der Waals surface area contributed by atoms with Crippen molar-refractivity contribution < 1.29 is 37.0 Å². The fourth-order valence-electron chi connectivity index (χ4n) is 4.81. The number of nitrogens with zero attached hydrogens (tertiary/aromatic N) is 2. The molecule has 0 spiro atoms. The third-order valence-corrected chi connectivity index (χ3v) is 6.43. The zero-order valence-electron chi connectivity index (χ0n) is 20.1. The van der Waals surface area contributed by atoms with Crippen LogP contribution in [0.3, 0.4) is 0 Å². The van der Waals surface area contributed by atoms with Crippen LogP contribution in [0.5, 0.6) is 0 Å². The molecule has 0 N–H and O–H groups in total. The molecule has 2 aliphatic heterocycles. The molecule has 10 heteroatoms. The molecule has 0 radical (unpaired) electrons. The third kappa shape index (κ3) is 4.53. The summed E-state index contributed by atoms with van der Waals surface area (Å²) in [6.07, 6.45) is -5.17. The summed E-state index contributed by atoms with van der Waals surface area (Å²) in [5.74, 6) is -1.86. The molecule has 3 atom stereocenters. The van der Waals surface area contributed by atoms with Gasteiger partial charge in [0.05, 0.1) is 17.9 Å². The summed E-state index contributed by atoms with van der Waals surface area (Å²) in [6, 6.07) is 6.80. The highest BCUT2D eigenvalue weighted by Gasteiger charge is 2.53. The van der Waals surface area contributed by atoms with E-state index in [0.717, 1.165) is 22.3 Å². The van der Waals surface area contributed by atoms with Gasteiger partial charge in [-0.25, -0.2) is 9.69 Å². The average Bonchev–Trinajstić information content (AvgIpc) is 3.29. The molecule has 0 bridgehead atoms. The molecule has 3 unspecified atom stereocenters. The number of rotatable bonds is 3. The number of hydrogen-bond donors (Lipinski definition) is 0. The number of carbonyl (C=O) groups is 3. The molecule has 3 aliphatic rings. The molecule has 3 amide bonds. The van der Waals surface area contributed by atoms with Crippen LogP contribution in [-0.4, -0.2) is 52.3 Å². The summed E-state index contributed by atoms with van der Waals surface area (Å²) in [5.41, 5.74) is 1.57. The van der Waals surface area contributed by atoms with Crippen molar-refractivity contribution >= 4 is 17.9 Å². The molecule has 35 heavy (non-hydrogen) atoms. The number of hydrogen-bond acceptors (Lipinski definition) is 5. The van der Waals surface area contributed by atoms with Crippen LogP contribution in [0.15, 0.2) is 47.2 Å². The van der Waals surface area contributed by atoms with Crippen LogP contribution < -0.4 is 0 Å². The highest BCUT2D eigenvalue weighted by Crippen LogP contribution is 2.50. The Morgan fingerprint density at radius 3 is 2.40 bits per heavy atom. The number of halogens is 3. The van der Waals surface area contributed by atoms with Crippen LogP contribution in [0.2, 0.25) is 0 Å². The van der Waals surface area contributed by atoms with Gasteiger partial charge in [0.1, 0.15) is 12.1 Å². The summed E-state index contributed by atoms with van der Waals surface area (Å²) in [7, 11) is 0. The second-order valence-corrected chi connectivity index (χ2v) is 10.0.